The fourth-order valence-corrected chi connectivity index (χ4v) is 2.78. The van der Waals surface area contributed by atoms with E-state index in [0.717, 1.165) is 12.0 Å². The molecular formula is C17H24N2O3S. The Hall–Kier alpha value is -1.53. The van der Waals surface area contributed by atoms with Crippen LogP contribution in [0.1, 0.15) is 32.8 Å². The average molecular weight is 336 g/mol. The van der Waals surface area contributed by atoms with E-state index in [1.165, 1.54) is 0 Å². The van der Waals surface area contributed by atoms with Crippen LogP contribution >= 0.6 is 0 Å². The van der Waals surface area contributed by atoms with E-state index in [4.69, 9.17) is 4.74 Å². The van der Waals surface area contributed by atoms with Crippen molar-refractivity contribution in [2.24, 2.45) is 10.3 Å². The summed E-state index contributed by atoms with van der Waals surface area (Å²) in [5.74, 6) is 0.144. The molecule has 0 aliphatic carbocycles. The van der Waals surface area contributed by atoms with Crippen molar-refractivity contribution in [3.05, 3.63) is 35.9 Å². The number of carbonyl (C=O) groups excluding carboxylic acids is 1. The van der Waals surface area contributed by atoms with Crippen LogP contribution in [0.3, 0.4) is 0 Å². The molecule has 0 saturated carbocycles. The minimum absolute atomic E-state index is 0.144. The molecule has 1 saturated heterocycles. The molecule has 1 aromatic rings. The first-order chi connectivity index (χ1) is 10.9. The largest absolute Gasteiger partial charge is 0.591 e. The lowest BCUT2D eigenvalue weighted by Gasteiger charge is -2.18. The second-order valence-electron chi connectivity index (χ2n) is 6.65. The van der Waals surface area contributed by atoms with E-state index in [1.807, 2.05) is 51.1 Å². The van der Waals surface area contributed by atoms with Crippen molar-refractivity contribution < 1.29 is 14.1 Å². The normalized spacial score (nSPS) is 20.0. The summed E-state index contributed by atoms with van der Waals surface area (Å²) in [7, 11) is 0. The van der Waals surface area contributed by atoms with Crippen molar-refractivity contribution in [1.82, 2.24) is 4.90 Å². The van der Waals surface area contributed by atoms with E-state index in [9.17, 15) is 9.35 Å². The minimum atomic E-state index is -1.25. The highest BCUT2D eigenvalue weighted by molar-refractivity contribution is 7.91. The molecule has 0 bridgehead atoms. The lowest BCUT2D eigenvalue weighted by molar-refractivity contribution is 0.104. The van der Waals surface area contributed by atoms with E-state index in [0.29, 0.717) is 13.1 Å². The van der Waals surface area contributed by atoms with Crippen LogP contribution in [0, 0.1) is 5.92 Å². The zero-order valence-electron chi connectivity index (χ0n) is 13.9. The van der Waals surface area contributed by atoms with Gasteiger partial charge in [0.05, 0.1) is 6.21 Å². The van der Waals surface area contributed by atoms with E-state index in [-0.39, 0.29) is 23.4 Å². The Bertz CT molecular complexity index is 543. The molecule has 0 aromatic heterocycles. The van der Waals surface area contributed by atoms with E-state index >= 15 is 0 Å². The van der Waals surface area contributed by atoms with Crippen LogP contribution in [0.4, 0.5) is 4.79 Å². The van der Waals surface area contributed by atoms with Crippen molar-refractivity contribution in [2.75, 3.05) is 13.1 Å². The molecule has 1 aliphatic rings. The quantitative estimate of drug-likeness (QED) is 0.626. The van der Waals surface area contributed by atoms with E-state index in [1.54, 1.807) is 11.1 Å². The summed E-state index contributed by atoms with van der Waals surface area (Å²) in [5, 5.41) is 0. The molecule has 1 amide bonds. The third-order valence-corrected chi connectivity index (χ3v) is 4.94. The van der Waals surface area contributed by atoms with Gasteiger partial charge < -0.3 is 14.2 Å². The summed E-state index contributed by atoms with van der Waals surface area (Å²) in [4.78, 5) is 13.7. The molecule has 1 unspecified atom stereocenters. The Morgan fingerprint density at radius 1 is 1.43 bits per heavy atom. The lowest BCUT2D eigenvalue weighted by atomic mass is 10.1. The fourth-order valence-electron chi connectivity index (χ4n) is 2.18. The molecule has 6 heteroatoms. The first-order valence-corrected chi connectivity index (χ1v) is 8.89. The fraction of sp³-hybridized carbons (Fsp3) is 0.529. The van der Waals surface area contributed by atoms with Gasteiger partial charge in [0.2, 0.25) is 0 Å². The van der Waals surface area contributed by atoms with Gasteiger partial charge in [-0.25, -0.2) is 4.79 Å². The molecule has 2 atom stereocenters. The number of hydrogen-bond donors (Lipinski definition) is 0. The SMILES string of the molecule is CC(C)(C)[S+]([O-])N=C[C@@H]1CCN(C(=O)OCc2ccccc2)C1. The number of benzene rings is 1. The van der Waals surface area contributed by atoms with Crippen LogP contribution in [0.15, 0.2) is 34.7 Å². The maximum Gasteiger partial charge on any atom is 0.410 e. The van der Waals surface area contributed by atoms with Crippen LogP contribution in [0.5, 0.6) is 0 Å². The molecule has 0 spiro atoms. The van der Waals surface area contributed by atoms with Crippen molar-refractivity contribution >= 4 is 23.7 Å². The monoisotopic (exact) mass is 336 g/mol. The van der Waals surface area contributed by atoms with Crippen LogP contribution in [0.2, 0.25) is 0 Å². The highest BCUT2D eigenvalue weighted by Gasteiger charge is 2.29. The van der Waals surface area contributed by atoms with Crippen molar-refractivity contribution in [3.63, 3.8) is 0 Å². The molecule has 1 fully saturated rings. The van der Waals surface area contributed by atoms with Gasteiger partial charge in [0.1, 0.15) is 22.7 Å². The van der Waals surface area contributed by atoms with Crippen molar-refractivity contribution in [1.29, 1.82) is 0 Å². The van der Waals surface area contributed by atoms with E-state index < -0.39 is 11.4 Å². The molecule has 0 N–H and O–H groups in total. The average Bonchev–Trinajstić information content (AvgIpc) is 2.99. The first-order valence-electron chi connectivity index (χ1n) is 7.78. The summed E-state index contributed by atoms with van der Waals surface area (Å²) in [6.45, 7) is 7.17. The van der Waals surface area contributed by atoms with Gasteiger partial charge in [-0.15, -0.1) is 0 Å². The minimum Gasteiger partial charge on any atom is -0.591 e. The molecule has 126 valence electrons. The molecule has 5 nitrogen and oxygen atoms in total. The highest BCUT2D eigenvalue weighted by atomic mass is 32.2. The molecular weight excluding hydrogens is 312 g/mol. The second kappa shape index (κ2) is 7.84. The van der Waals surface area contributed by atoms with Crippen LogP contribution in [0.25, 0.3) is 0 Å². The molecule has 1 aliphatic heterocycles. The Morgan fingerprint density at radius 3 is 2.78 bits per heavy atom. The topological polar surface area (TPSA) is 65.0 Å². The van der Waals surface area contributed by atoms with Crippen LogP contribution in [-0.2, 0) is 22.7 Å². The number of nitrogens with zero attached hydrogens (tertiary/aromatic N) is 2. The summed E-state index contributed by atoms with van der Waals surface area (Å²) >= 11 is -1.25. The highest BCUT2D eigenvalue weighted by Crippen LogP contribution is 2.20. The Labute approximate surface area is 141 Å². The summed E-state index contributed by atoms with van der Waals surface area (Å²) in [5.41, 5.74) is 0.971. The smallest absolute Gasteiger partial charge is 0.410 e. The predicted octanol–water partition coefficient (Wildman–Crippen LogP) is 3.18. The van der Waals surface area contributed by atoms with Gasteiger partial charge in [0.25, 0.3) is 0 Å². The maximum absolute atomic E-state index is 12.1. The maximum atomic E-state index is 12.1. The molecule has 1 heterocycles. The van der Waals surface area contributed by atoms with Crippen molar-refractivity contribution in [3.8, 4) is 0 Å². The summed E-state index contributed by atoms with van der Waals surface area (Å²) in [6.07, 6.45) is 2.25. The number of hydrogen-bond acceptors (Lipinski definition) is 4. The van der Waals surface area contributed by atoms with Crippen LogP contribution < -0.4 is 0 Å². The van der Waals surface area contributed by atoms with E-state index in [2.05, 4.69) is 4.40 Å². The Morgan fingerprint density at radius 2 is 2.13 bits per heavy atom. The Kier molecular flexibility index (Phi) is 6.07. The van der Waals surface area contributed by atoms with Gasteiger partial charge in [-0.3, -0.25) is 0 Å². The van der Waals surface area contributed by atoms with Gasteiger partial charge in [-0.2, -0.15) is 0 Å². The van der Waals surface area contributed by atoms with Gasteiger partial charge >= 0.3 is 6.09 Å². The summed E-state index contributed by atoms with van der Waals surface area (Å²) in [6, 6.07) is 9.61. The van der Waals surface area contributed by atoms with Gasteiger partial charge in [0, 0.05) is 19.0 Å². The number of rotatable bonds is 4. The number of carbonyl (C=O) groups is 1. The molecule has 0 radical (unpaired) electrons. The standard InChI is InChI=1S/C17H24N2O3S/c1-17(2,3)23(21)18-11-15-9-10-19(12-15)16(20)22-13-14-7-5-4-6-8-14/h4-8,11,15H,9-10,12-13H2,1-3H3/t15-,23?/m0/s1. The zero-order chi connectivity index (χ0) is 16.9. The second-order valence-corrected chi connectivity index (χ2v) is 8.58. The van der Waals surface area contributed by atoms with Gasteiger partial charge in [0.15, 0.2) is 0 Å². The van der Waals surface area contributed by atoms with Gasteiger partial charge in [-0.1, -0.05) is 34.7 Å². The van der Waals surface area contributed by atoms with Crippen LogP contribution in [-0.4, -0.2) is 39.6 Å². The van der Waals surface area contributed by atoms with Gasteiger partial charge in [-0.05, 0) is 32.8 Å². The molecule has 23 heavy (non-hydrogen) atoms. The van der Waals surface area contributed by atoms with Crippen molar-refractivity contribution in [2.45, 2.75) is 38.5 Å². The number of amides is 1. The zero-order valence-corrected chi connectivity index (χ0v) is 14.7. The predicted molar refractivity (Wildman–Crippen MR) is 92.7 cm³/mol. The number of likely N-dealkylation sites (tertiary alicyclic amines) is 1. The Balaban J connectivity index is 1.78. The molecule has 1 aromatic carbocycles. The third-order valence-electron chi connectivity index (χ3n) is 3.58. The third kappa shape index (κ3) is 5.55. The summed E-state index contributed by atoms with van der Waals surface area (Å²) < 4.78 is 21.0. The number of ether oxygens (including phenoxy) is 1. The lowest BCUT2D eigenvalue weighted by Crippen LogP contribution is -2.29. The first kappa shape index (κ1) is 17.8. The molecule has 2 rings (SSSR count).